The second-order valence-corrected chi connectivity index (χ2v) is 8.46. The Morgan fingerprint density at radius 1 is 0.969 bits per heavy atom. The zero-order valence-electron chi connectivity index (χ0n) is 18.5. The molecule has 0 N–H and O–H groups in total. The number of anilines is 1. The third-order valence-corrected chi connectivity index (χ3v) is 6.19. The van der Waals surface area contributed by atoms with E-state index < -0.39 is 0 Å². The van der Waals surface area contributed by atoms with Gasteiger partial charge in [0, 0.05) is 24.6 Å². The van der Waals surface area contributed by atoms with Gasteiger partial charge in [0.1, 0.15) is 18.2 Å². The summed E-state index contributed by atoms with van der Waals surface area (Å²) in [5.74, 6) is 2.03. The van der Waals surface area contributed by atoms with Gasteiger partial charge >= 0.3 is 0 Å². The molecule has 32 heavy (non-hydrogen) atoms. The average molecular weight is 426 g/mol. The van der Waals surface area contributed by atoms with Crippen LogP contribution in [0.5, 0.6) is 5.75 Å². The minimum absolute atomic E-state index is 0.0499. The number of benzene rings is 3. The molecular formula is C27H27N3O2. The van der Waals surface area contributed by atoms with Crippen molar-refractivity contribution in [3.63, 3.8) is 0 Å². The highest BCUT2D eigenvalue weighted by molar-refractivity contribution is 5.97. The summed E-state index contributed by atoms with van der Waals surface area (Å²) >= 11 is 0. The van der Waals surface area contributed by atoms with Gasteiger partial charge in [0.25, 0.3) is 0 Å². The maximum atomic E-state index is 12.9. The molecule has 1 saturated heterocycles. The Hall–Kier alpha value is -3.60. The Kier molecular flexibility index (Phi) is 5.39. The van der Waals surface area contributed by atoms with Gasteiger partial charge in [-0.25, -0.2) is 4.98 Å². The van der Waals surface area contributed by atoms with Gasteiger partial charge in [-0.3, -0.25) is 4.79 Å². The van der Waals surface area contributed by atoms with Gasteiger partial charge in [-0.2, -0.15) is 0 Å². The normalized spacial score (nSPS) is 16.1. The van der Waals surface area contributed by atoms with Gasteiger partial charge in [-0.15, -0.1) is 0 Å². The molecule has 3 aromatic carbocycles. The Morgan fingerprint density at radius 3 is 2.53 bits per heavy atom. The molecule has 1 aliphatic heterocycles. The first kappa shape index (κ1) is 20.3. The number of carbonyl (C=O) groups is 1. The lowest BCUT2D eigenvalue weighted by Crippen LogP contribution is -2.25. The molecule has 0 aliphatic carbocycles. The van der Waals surface area contributed by atoms with E-state index in [2.05, 4.69) is 29.7 Å². The van der Waals surface area contributed by atoms with Crippen molar-refractivity contribution in [3.8, 4) is 5.75 Å². The van der Waals surface area contributed by atoms with E-state index in [1.54, 1.807) is 0 Å². The third kappa shape index (κ3) is 3.86. The molecule has 1 atom stereocenters. The summed E-state index contributed by atoms with van der Waals surface area (Å²) in [6.07, 6.45) is 0.469. The number of hydrogen-bond donors (Lipinski definition) is 0. The summed E-state index contributed by atoms with van der Waals surface area (Å²) in [7, 11) is 0. The molecular weight excluding hydrogens is 398 g/mol. The predicted octanol–water partition coefficient (Wildman–Crippen LogP) is 5.25. The lowest BCUT2D eigenvalue weighted by Gasteiger charge is -2.19. The van der Waals surface area contributed by atoms with Crippen LogP contribution in [0.1, 0.15) is 29.3 Å². The van der Waals surface area contributed by atoms with Crippen LogP contribution in [0, 0.1) is 13.8 Å². The summed E-state index contributed by atoms with van der Waals surface area (Å²) in [6, 6.07) is 24.3. The number of carbonyl (C=O) groups excluding carboxylic acids is 1. The monoisotopic (exact) mass is 425 g/mol. The van der Waals surface area contributed by atoms with E-state index in [1.165, 1.54) is 5.56 Å². The molecule has 4 aromatic rings. The maximum Gasteiger partial charge on any atom is 0.227 e. The van der Waals surface area contributed by atoms with Gasteiger partial charge in [0.05, 0.1) is 17.6 Å². The largest absolute Gasteiger partial charge is 0.492 e. The number of para-hydroxylation sites is 3. The molecule has 5 heteroatoms. The van der Waals surface area contributed by atoms with Crippen molar-refractivity contribution >= 4 is 22.6 Å². The summed E-state index contributed by atoms with van der Waals surface area (Å²) in [5, 5.41) is 0. The van der Waals surface area contributed by atoms with Crippen LogP contribution in [0.15, 0.2) is 72.8 Å². The molecule has 1 amide bonds. The number of imidazole rings is 1. The summed E-state index contributed by atoms with van der Waals surface area (Å²) < 4.78 is 8.23. The predicted molar refractivity (Wildman–Crippen MR) is 127 cm³/mol. The molecule has 0 bridgehead atoms. The number of aromatic nitrogens is 2. The van der Waals surface area contributed by atoms with Crippen LogP contribution < -0.4 is 9.64 Å². The third-order valence-electron chi connectivity index (χ3n) is 6.19. The van der Waals surface area contributed by atoms with E-state index in [-0.39, 0.29) is 11.8 Å². The fourth-order valence-electron chi connectivity index (χ4n) is 4.51. The first-order chi connectivity index (χ1) is 15.6. The van der Waals surface area contributed by atoms with Crippen LogP contribution in [0.2, 0.25) is 0 Å². The SMILES string of the molecule is Cc1ccc(OCCn2c([C@@H]3CC(=O)N(c4ccccc4C)C3)nc3ccccc32)cc1. The highest BCUT2D eigenvalue weighted by atomic mass is 16.5. The molecule has 0 unspecified atom stereocenters. The van der Waals surface area contributed by atoms with E-state index in [1.807, 2.05) is 66.4 Å². The Balaban J connectivity index is 1.41. The average Bonchev–Trinajstić information content (AvgIpc) is 3.36. The molecule has 1 aromatic heterocycles. The lowest BCUT2D eigenvalue weighted by atomic mass is 10.1. The smallest absolute Gasteiger partial charge is 0.227 e. The standard InChI is InChI=1S/C27H27N3O2/c1-19-11-13-22(14-12-19)32-16-15-29-25-10-6-4-8-23(25)28-27(29)21-17-26(31)30(18-21)24-9-5-3-7-20(24)2/h3-14,21H,15-18H2,1-2H3/t21-/m1/s1. The summed E-state index contributed by atoms with van der Waals surface area (Å²) in [5.41, 5.74) is 5.35. The molecule has 0 saturated carbocycles. The van der Waals surface area contributed by atoms with Crippen molar-refractivity contribution < 1.29 is 9.53 Å². The van der Waals surface area contributed by atoms with Gasteiger partial charge in [0.15, 0.2) is 0 Å². The van der Waals surface area contributed by atoms with E-state index in [4.69, 9.17) is 9.72 Å². The van der Waals surface area contributed by atoms with Gasteiger partial charge in [-0.1, -0.05) is 48.0 Å². The number of nitrogens with zero attached hydrogens (tertiary/aromatic N) is 3. The molecule has 5 rings (SSSR count). The Bertz CT molecular complexity index is 1260. The van der Waals surface area contributed by atoms with Crippen molar-refractivity contribution in [2.75, 3.05) is 18.1 Å². The van der Waals surface area contributed by atoms with Crippen LogP contribution in [0.25, 0.3) is 11.0 Å². The van der Waals surface area contributed by atoms with Crippen LogP contribution in [0.4, 0.5) is 5.69 Å². The van der Waals surface area contributed by atoms with Crippen LogP contribution in [0.3, 0.4) is 0 Å². The van der Waals surface area contributed by atoms with Crippen LogP contribution in [-0.4, -0.2) is 28.6 Å². The van der Waals surface area contributed by atoms with Gasteiger partial charge < -0.3 is 14.2 Å². The van der Waals surface area contributed by atoms with Gasteiger partial charge in [0.2, 0.25) is 5.91 Å². The number of aryl methyl sites for hydroxylation is 2. The fraction of sp³-hybridized carbons (Fsp3) is 0.259. The number of rotatable bonds is 6. The molecule has 2 heterocycles. The van der Waals surface area contributed by atoms with Crippen molar-refractivity contribution in [3.05, 3.63) is 89.7 Å². The quantitative estimate of drug-likeness (QED) is 0.424. The number of hydrogen-bond acceptors (Lipinski definition) is 3. The zero-order valence-corrected chi connectivity index (χ0v) is 18.5. The van der Waals surface area contributed by atoms with Crippen LogP contribution >= 0.6 is 0 Å². The maximum absolute atomic E-state index is 12.9. The second kappa shape index (κ2) is 8.50. The summed E-state index contributed by atoms with van der Waals surface area (Å²) in [4.78, 5) is 19.8. The van der Waals surface area contributed by atoms with Crippen molar-refractivity contribution in [2.24, 2.45) is 0 Å². The molecule has 5 nitrogen and oxygen atoms in total. The molecule has 0 radical (unpaired) electrons. The number of fused-ring (bicyclic) bond motifs is 1. The summed E-state index contributed by atoms with van der Waals surface area (Å²) in [6.45, 7) is 5.98. The Labute approximate surface area is 188 Å². The number of amides is 1. The van der Waals surface area contributed by atoms with Crippen LogP contribution in [-0.2, 0) is 11.3 Å². The topological polar surface area (TPSA) is 47.4 Å². The first-order valence-electron chi connectivity index (χ1n) is 11.1. The van der Waals surface area contributed by atoms with Crippen molar-refractivity contribution in [1.82, 2.24) is 9.55 Å². The van der Waals surface area contributed by atoms with Crippen molar-refractivity contribution in [1.29, 1.82) is 0 Å². The number of ether oxygens (including phenoxy) is 1. The molecule has 1 aliphatic rings. The van der Waals surface area contributed by atoms with E-state index >= 15 is 0 Å². The Morgan fingerprint density at radius 2 is 1.72 bits per heavy atom. The lowest BCUT2D eigenvalue weighted by molar-refractivity contribution is -0.117. The highest BCUT2D eigenvalue weighted by Gasteiger charge is 2.35. The van der Waals surface area contributed by atoms with E-state index in [9.17, 15) is 4.79 Å². The van der Waals surface area contributed by atoms with Crippen molar-refractivity contribution in [2.45, 2.75) is 32.7 Å². The zero-order chi connectivity index (χ0) is 22.1. The van der Waals surface area contributed by atoms with Gasteiger partial charge in [-0.05, 0) is 49.7 Å². The minimum Gasteiger partial charge on any atom is -0.492 e. The van der Waals surface area contributed by atoms with E-state index in [0.717, 1.165) is 33.9 Å². The molecule has 0 spiro atoms. The first-order valence-corrected chi connectivity index (χ1v) is 11.1. The minimum atomic E-state index is 0.0499. The van der Waals surface area contributed by atoms with E-state index in [0.29, 0.717) is 26.1 Å². The molecule has 162 valence electrons. The fourth-order valence-corrected chi connectivity index (χ4v) is 4.51. The molecule has 1 fully saturated rings. The second-order valence-electron chi connectivity index (χ2n) is 8.46. The highest BCUT2D eigenvalue weighted by Crippen LogP contribution is 2.34.